The molecule has 78 valence electrons. The minimum atomic E-state index is -4.59. The zero-order chi connectivity index (χ0) is 10.8. The van der Waals surface area contributed by atoms with Crippen molar-refractivity contribution in [3.05, 3.63) is 22.8 Å². The van der Waals surface area contributed by atoms with E-state index in [1.807, 2.05) is 0 Å². The van der Waals surface area contributed by atoms with Crippen molar-refractivity contribution in [2.75, 3.05) is 7.11 Å². The smallest absolute Gasteiger partial charge is 0.306 e. The second-order valence-corrected chi connectivity index (χ2v) is 4.24. The molecule has 1 aromatic heterocycles. The number of ether oxygens (including phenoxy) is 1. The molecule has 0 saturated carbocycles. The van der Waals surface area contributed by atoms with Crippen molar-refractivity contribution < 1.29 is 17.0 Å². The number of rotatable bonds is 3. The van der Waals surface area contributed by atoms with E-state index in [2.05, 4.69) is 4.98 Å². The number of halogens is 2. The molecule has 0 radical (unpaired) electrons. The van der Waals surface area contributed by atoms with Crippen LogP contribution < -0.4 is 4.74 Å². The molecule has 0 spiro atoms. The zero-order valence-corrected chi connectivity index (χ0v) is 8.77. The lowest BCUT2D eigenvalue weighted by molar-refractivity contribution is 0.393. The van der Waals surface area contributed by atoms with E-state index in [-0.39, 0.29) is 16.6 Å². The molecule has 0 aromatic carbocycles. The summed E-state index contributed by atoms with van der Waals surface area (Å²) < 4.78 is 37.8. The maximum absolute atomic E-state index is 12.3. The van der Waals surface area contributed by atoms with E-state index in [0.29, 0.717) is 0 Å². The number of nitrogens with zero attached hydrogens (tertiary/aromatic N) is 1. The standard InChI is InChI=1S/C7H7ClFNO3S/c1-13-7-5(4-14(9,11)12)2-3-6(8)10-7/h2-3H,4H2,1H3. The van der Waals surface area contributed by atoms with Crippen molar-refractivity contribution >= 4 is 21.8 Å². The van der Waals surface area contributed by atoms with E-state index >= 15 is 0 Å². The Kier molecular flexibility index (Phi) is 3.28. The zero-order valence-electron chi connectivity index (χ0n) is 7.20. The predicted molar refractivity (Wildman–Crippen MR) is 49.5 cm³/mol. The second-order valence-electron chi connectivity index (χ2n) is 2.49. The van der Waals surface area contributed by atoms with Gasteiger partial charge in [0, 0.05) is 5.56 Å². The van der Waals surface area contributed by atoms with E-state index in [9.17, 15) is 12.3 Å². The number of hydrogen-bond acceptors (Lipinski definition) is 4. The van der Waals surface area contributed by atoms with Gasteiger partial charge in [-0.15, -0.1) is 3.89 Å². The normalized spacial score (nSPS) is 11.4. The highest BCUT2D eigenvalue weighted by Gasteiger charge is 2.14. The first-order chi connectivity index (χ1) is 6.42. The summed E-state index contributed by atoms with van der Waals surface area (Å²) in [4.78, 5) is 3.69. The summed E-state index contributed by atoms with van der Waals surface area (Å²) in [5, 5.41) is 0.154. The average Bonchev–Trinajstić information content (AvgIpc) is 2.06. The molecule has 7 heteroatoms. The molecule has 0 amide bonds. The topological polar surface area (TPSA) is 56.3 Å². The first kappa shape index (κ1) is 11.2. The third-order valence-corrected chi connectivity index (χ3v) is 2.29. The van der Waals surface area contributed by atoms with E-state index < -0.39 is 16.0 Å². The van der Waals surface area contributed by atoms with Gasteiger partial charge in [0.15, 0.2) is 0 Å². The molecule has 1 rings (SSSR count). The van der Waals surface area contributed by atoms with Gasteiger partial charge in [0.2, 0.25) is 5.88 Å². The fourth-order valence-corrected chi connectivity index (χ4v) is 1.65. The Morgan fingerprint density at radius 3 is 2.71 bits per heavy atom. The Morgan fingerprint density at radius 1 is 1.57 bits per heavy atom. The van der Waals surface area contributed by atoms with Crippen molar-refractivity contribution in [2.45, 2.75) is 5.75 Å². The second kappa shape index (κ2) is 4.10. The lowest BCUT2D eigenvalue weighted by atomic mass is 10.3. The predicted octanol–water partition coefficient (Wildman–Crippen LogP) is 1.54. The van der Waals surface area contributed by atoms with Gasteiger partial charge < -0.3 is 4.74 Å². The van der Waals surface area contributed by atoms with E-state index in [4.69, 9.17) is 16.3 Å². The molecule has 14 heavy (non-hydrogen) atoms. The van der Waals surface area contributed by atoms with Gasteiger partial charge in [-0.1, -0.05) is 11.6 Å². The Morgan fingerprint density at radius 2 is 2.21 bits per heavy atom. The Labute approximate surface area is 85.9 Å². The first-order valence-corrected chi connectivity index (χ1v) is 5.47. The molecule has 0 N–H and O–H groups in total. The molecule has 0 aliphatic heterocycles. The Balaban J connectivity index is 3.09. The number of aromatic nitrogens is 1. The van der Waals surface area contributed by atoms with Crippen LogP contribution in [0, 0.1) is 0 Å². The Bertz CT molecular complexity index is 435. The van der Waals surface area contributed by atoms with Crippen molar-refractivity contribution in [3.63, 3.8) is 0 Å². The fourth-order valence-electron chi connectivity index (χ4n) is 0.919. The molecule has 0 saturated heterocycles. The fraction of sp³-hybridized carbons (Fsp3) is 0.286. The largest absolute Gasteiger partial charge is 0.481 e. The molecule has 0 fully saturated rings. The molecule has 0 unspecified atom stereocenters. The molecule has 1 heterocycles. The highest BCUT2D eigenvalue weighted by Crippen LogP contribution is 2.21. The summed E-state index contributed by atoms with van der Waals surface area (Å²) in [5.41, 5.74) is 0.138. The lowest BCUT2D eigenvalue weighted by Gasteiger charge is -2.04. The van der Waals surface area contributed by atoms with Gasteiger partial charge >= 0.3 is 10.2 Å². The molecule has 0 aliphatic carbocycles. The summed E-state index contributed by atoms with van der Waals surface area (Å²) in [6.45, 7) is 0. The van der Waals surface area contributed by atoms with Crippen molar-refractivity contribution in [2.24, 2.45) is 0 Å². The third kappa shape index (κ3) is 3.12. The highest BCUT2D eigenvalue weighted by molar-refractivity contribution is 7.85. The van der Waals surface area contributed by atoms with Crippen LogP contribution >= 0.6 is 11.6 Å². The van der Waals surface area contributed by atoms with E-state index in [1.165, 1.54) is 19.2 Å². The molecule has 1 aromatic rings. The van der Waals surface area contributed by atoms with Crippen molar-refractivity contribution in [3.8, 4) is 5.88 Å². The minimum absolute atomic E-state index is 0.0127. The molecule has 4 nitrogen and oxygen atoms in total. The summed E-state index contributed by atoms with van der Waals surface area (Å²) in [6, 6.07) is 2.72. The van der Waals surface area contributed by atoms with Gasteiger partial charge in [0.25, 0.3) is 0 Å². The van der Waals surface area contributed by atoms with Crippen LogP contribution in [0.15, 0.2) is 12.1 Å². The third-order valence-electron chi connectivity index (χ3n) is 1.43. The van der Waals surface area contributed by atoms with Crippen molar-refractivity contribution in [1.82, 2.24) is 4.98 Å². The van der Waals surface area contributed by atoms with Crippen molar-refractivity contribution in [1.29, 1.82) is 0 Å². The maximum Gasteiger partial charge on any atom is 0.306 e. The van der Waals surface area contributed by atoms with Gasteiger partial charge in [0.05, 0.1) is 7.11 Å². The quantitative estimate of drug-likeness (QED) is 0.593. The molecular formula is C7H7ClFNO3S. The summed E-state index contributed by atoms with van der Waals surface area (Å²) in [7, 11) is -3.29. The van der Waals surface area contributed by atoms with Gasteiger partial charge in [-0.05, 0) is 12.1 Å². The number of methoxy groups -OCH3 is 1. The van der Waals surface area contributed by atoms with Crippen LogP contribution in [-0.4, -0.2) is 20.5 Å². The lowest BCUT2D eigenvalue weighted by Crippen LogP contribution is -2.01. The number of pyridine rings is 1. The first-order valence-electron chi connectivity index (χ1n) is 3.54. The SMILES string of the molecule is COc1nc(Cl)ccc1CS(=O)(=O)F. The van der Waals surface area contributed by atoms with Gasteiger partial charge in [0.1, 0.15) is 10.9 Å². The van der Waals surface area contributed by atoms with Crippen LogP contribution in [0.4, 0.5) is 3.89 Å². The average molecular weight is 240 g/mol. The van der Waals surface area contributed by atoms with Crippen LogP contribution in [0.25, 0.3) is 0 Å². The van der Waals surface area contributed by atoms with Crippen LogP contribution in [-0.2, 0) is 16.0 Å². The Hall–Kier alpha value is -0.880. The van der Waals surface area contributed by atoms with E-state index in [0.717, 1.165) is 0 Å². The molecule has 0 bridgehead atoms. The number of hydrogen-bond donors (Lipinski definition) is 0. The van der Waals surface area contributed by atoms with Crippen LogP contribution in [0.5, 0.6) is 5.88 Å². The van der Waals surface area contributed by atoms with Crippen LogP contribution in [0.2, 0.25) is 5.15 Å². The maximum atomic E-state index is 12.3. The van der Waals surface area contributed by atoms with Gasteiger partial charge in [-0.2, -0.15) is 8.42 Å². The highest BCUT2D eigenvalue weighted by atomic mass is 35.5. The van der Waals surface area contributed by atoms with Crippen LogP contribution in [0.1, 0.15) is 5.56 Å². The molecule has 0 atom stereocenters. The van der Waals surface area contributed by atoms with Crippen LogP contribution in [0.3, 0.4) is 0 Å². The van der Waals surface area contributed by atoms with Gasteiger partial charge in [-0.3, -0.25) is 0 Å². The summed E-state index contributed by atoms with van der Waals surface area (Å²) in [6.07, 6.45) is 0. The minimum Gasteiger partial charge on any atom is -0.481 e. The monoisotopic (exact) mass is 239 g/mol. The summed E-state index contributed by atoms with van der Waals surface area (Å²) >= 11 is 5.53. The summed E-state index contributed by atoms with van der Waals surface area (Å²) in [5.74, 6) is -0.751. The van der Waals surface area contributed by atoms with Gasteiger partial charge in [-0.25, -0.2) is 4.98 Å². The van der Waals surface area contributed by atoms with E-state index in [1.54, 1.807) is 0 Å². The molecular weight excluding hydrogens is 233 g/mol. The molecule has 0 aliphatic rings.